The highest BCUT2D eigenvalue weighted by atomic mass is 16.5. The monoisotopic (exact) mass is 264 g/mol. The molecule has 0 aromatic heterocycles. The van der Waals surface area contributed by atoms with Gasteiger partial charge < -0.3 is 15.8 Å². The lowest BCUT2D eigenvalue weighted by molar-refractivity contribution is 0.410. The summed E-state index contributed by atoms with van der Waals surface area (Å²) in [6.45, 7) is 12.3. The number of hydrogen-bond donors (Lipinski definition) is 2. The molecule has 0 atom stereocenters. The molecule has 1 aromatic rings. The molecule has 0 aliphatic rings. The van der Waals surface area contributed by atoms with Gasteiger partial charge in [-0.2, -0.15) is 0 Å². The second kappa shape index (κ2) is 6.40. The maximum atomic E-state index is 5.96. The van der Waals surface area contributed by atoms with Gasteiger partial charge in [-0.15, -0.1) is 0 Å². The van der Waals surface area contributed by atoms with Crippen LogP contribution in [0.3, 0.4) is 0 Å². The molecule has 3 N–H and O–H groups in total. The lowest BCUT2D eigenvalue weighted by Crippen LogP contribution is -2.43. The summed E-state index contributed by atoms with van der Waals surface area (Å²) in [7, 11) is 1.73. The van der Waals surface area contributed by atoms with E-state index >= 15 is 0 Å². The van der Waals surface area contributed by atoms with Gasteiger partial charge in [0.2, 0.25) is 0 Å². The molecule has 3 heteroatoms. The van der Waals surface area contributed by atoms with E-state index in [-0.39, 0.29) is 5.54 Å². The first-order valence-electron chi connectivity index (χ1n) is 6.89. The highest BCUT2D eigenvalue weighted by Gasteiger charge is 2.12. The Kier molecular flexibility index (Phi) is 5.39. The summed E-state index contributed by atoms with van der Waals surface area (Å²) in [6, 6.07) is 2.13. The summed E-state index contributed by atoms with van der Waals surface area (Å²) >= 11 is 0. The molecule has 0 saturated carbocycles. The Hall–Kier alpha value is -1.06. The zero-order chi connectivity index (χ0) is 14.6. The van der Waals surface area contributed by atoms with Gasteiger partial charge in [0.1, 0.15) is 5.75 Å². The lowest BCUT2D eigenvalue weighted by Gasteiger charge is -2.20. The van der Waals surface area contributed by atoms with Crippen LogP contribution in [0.2, 0.25) is 0 Å². The summed E-state index contributed by atoms with van der Waals surface area (Å²) in [5.41, 5.74) is 11.1. The number of hydrogen-bond acceptors (Lipinski definition) is 3. The fraction of sp³-hybridized carbons (Fsp3) is 0.625. The third-order valence-electron chi connectivity index (χ3n) is 3.56. The molecule has 0 heterocycles. The minimum atomic E-state index is -0.153. The van der Waals surface area contributed by atoms with Crippen molar-refractivity contribution in [1.82, 2.24) is 5.32 Å². The highest BCUT2D eigenvalue weighted by Crippen LogP contribution is 2.27. The average Bonchev–Trinajstić information content (AvgIpc) is 2.31. The van der Waals surface area contributed by atoms with Gasteiger partial charge >= 0.3 is 0 Å². The van der Waals surface area contributed by atoms with Gasteiger partial charge in [0, 0.05) is 12.1 Å². The molecule has 0 amide bonds. The maximum Gasteiger partial charge on any atom is 0.122 e. The standard InChI is InChI=1S/C16H28N2O/c1-11-9-15(19-6)13(3)12(2)14(11)7-8-18-10-16(4,5)17/h9,18H,7-8,10,17H2,1-6H3. The zero-order valence-corrected chi connectivity index (χ0v) is 13.2. The largest absolute Gasteiger partial charge is 0.496 e. The SMILES string of the molecule is COc1cc(C)c(CCNCC(C)(C)N)c(C)c1C. The second-order valence-electron chi connectivity index (χ2n) is 6.04. The minimum Gasteiger partial charge on any atom is -0.496 e. The molecule has 1 rings (SSSR count). The van der Waals surface area contributed by atoms with Gasteiger partial charge in [0.25, 0.3) is 0 Å². The lowest BCUT2D eigenvalue weighted by atomic mass is 9.95. The molecule has 3 nitrogen and oxygen atoms in total. The molecule has 0 bridgehead atoms. The first-order chi connectivity index (χ1) is 8.76. The van der Waals surface area contributed by atoms with E-state index in [0.717, 1.165) is 25.3 Å². The fourth-order valence-electron chi connectivity index (χ4n) is 2.32. The van der Waals surface area contributed by atoms with Crippen molar-refractivity contribution in [2.45, 2.75) is 46.6 Å². The van der Waals surface area contributed by atoms with Gasteiger partial charge in [0.05, 0.1) is 7.11 Å². The molecule has 0 fully saturated rings. The quantitative estimate of drug-likeness (QED) is 0.776. The van der Waals surface area contributed by atoms with Crippen LogP contribution in [0.5, 0.6) is 5.75 Å². The van der Waals surface area contributed by atoms with Gasteiger partial charge in [-0.05, 0) is 75.9 Å². The van der Waals surface area contributed by atoms with Crippen LogP contribution in [0.25, 0.3) is 0 Å². The van der Waals surface area contributed by atoms with Crippen molar-refractivity contribution in [3.8, 4) is 5.75 Å². The predicted molar refractivity (Wildman–Crippen MR) is 82.0 cm³/mol. The van der Waals surface area contributed by atoms with E-state index in [1.165, 1.54) is 22.3 Å². The summed E-state index contributed by atoms with van der Waals surface area (Å²) in [5, 5.41) is 3.42. The van der Waals surface area contributed by atoms with Crippen molar-refractivity contribution < 1.29 is 4.74 Å². The van der Waals surface area contributed by atoms with E-state index < -0.39 is 0 Å². The minimum absolute atomic E-state index is 0.153. The van der Waals surface area contributed by atoms with Crippen molar-refractivity contribution in [2.24, 2.45) is 5.73 Å². The Balaban J connectivity index is 2.72. The van der Waals surface area contributed by atoms with E-state index in [9.17, 15) is 0 Å². The van der Waals surface area contributed by atoms with Gasteiger partial charge in [-0.25, -0.2) is 0 Å². The third kappa shape index (κ3) is 4.51. The van der Waals surface area contributed by atoms with Crippen molar-refractivity contribution >= 4 is 0 Å². The number of rotatable bonds is 6. The third-order valence-corrected chi connectivity index (χ3v) is 3.56. The number of ether oxygens (including phenoxy) is 1. The van der Waals surface area contributed by atoms with E-state index in [1.54, 1.807) is 7.11 Å². The molecule has 108 valence electrons. The van der Waals surface area contributed by atoms with E-state index in [4.69, 9.17) is 10.5 Å². The van der Waals surface area contributed by atoms with Crippen LogP contribution in [0.1, 0.15) is 36.1 Å². The van der Waals surface area contributed by atoms with E-state index in [2.05, 4.69) is 32.2 Å². The van der Waals surface area contributed by atoms with Crippen LogP contribution < -0.4 is 15.8 Å². The molecule has 0 unspecified atom stereocenters. The van der Waals surface area contributed by atoms with Crippen LogP contribution in [-0.2, 0) is 6.42 Å². The smallest absolute Gasteiger partial charge is 0.122 e. The van der Waals surface area contributed by atoms with E-state index in [1.807, 2.05) is 13.8 Å². The Bertz CT molecular complexity index is 433. The number of aryl methyl sites for hydroxylation is 1. The Morgan fingerprint density at radius 2 is 1.84 bits per heavy atom. The van der Waals surface area contributed by atoms with E-state index in [0.29, 0.717) is 0 Å². The van der Waals surface area contributed by atoms with Crippen molar-refractivity contribution in [3.63, 3.8) is 0 Å². The Labute approximate surface area is 117 Å². The number of benzene rings is 1. The molecule has 0 radical (unpaired) electrons. The van der Waals surface area contributed by atoms with Crippen LogP contribution in [0, 0.1) is 20.8 Å². The Morgan fingerprint density at radius 3 is 2.37 bits per heavy atom. The summed E-state index contributed by atoms with van der Waals surface area (Å²) in [5.74, 6) is 0.981. The summed E-state index contributed by atoms with van der Waals surface area (Å²) in [6.07, 6.45) is 1.03. The first-order valence-corrected chi connectivity index (χ1v) is 6.89. The molecule has 19 heavy (non-hydrogen) atoms. The van der Waals surface area contributed by atoms with Crippen LogP contribution >= 0.6 is 0 Å². The first kappa shape index (κ1) is 16.0. The fourth-order valence-corrected chi connectivity index (χ4v) is 2.32. The van der Waals surface area contributed by atoms with Crippen molar-refractivity contribution in [3.05, 3.63) is 28.3 Å². The normalized spacial score (nSPS) is 11.7. The van der Waals surface area contributed by atoms with Gasteiger partial charge in [-0.3, -0.25) is 0 Å². The molecule has 1 aromatic carbocycles. The molecular formula is C16H28N2O. The molecular weight excluding hydrogens is 236 g/mol. The number of nitrogens with one attached hydrogen (secondary N) is 1. The Morgan fingerprint density at radius 1 is 1.21 bits per heavy atom. The summed E-state index contributed by atoms with van der Waals surface area (Å²) < 4.78 is 5.40. The number of methoxy groups -OCH3 is 1. The van der Waals surface area contributed by atoms with Gasteiger partial charge in [-0.1, -0.05) is 0 Å². The van der Waals surface area contributed by atoms with Gasteiger partial charge in [0.15, 0.2) is 0 Å². The molecule has 0 spiro atoms. The molecule has 0 aliphatic carbocycles. The van der Waals surface area contributed by atoms with Crippen LogP contribution in [0.4, 0.5) is 0 Å². The van der Waals surface area contributed by atoms with Crippen LogP contribution in [-0.4, -0.2) is 25.7 Å². The maximum absolute atomic E-state index is 5.96. The molecule has 0 aliphatic heterocycles. The van der Waals surface area contributed by atoms with Crippen LogP contribution in [0.15, 0.2) is 6.07 Å². The average molecular weight is 264 g/mol. The predicted octanol–water partition coefficient (Wildman–Crippen LogP) is 2.49. The van der Waals surface area contributed by atoms with Crippen molar-refractivity contribution in [1.29, 1.82) is 0 Å². The number of nitrogens with two attached hydrogens (primary N) is 1. The molecule has 0 saturated heterocycles. The topological polar surface area (TPSA) is 47.3 Å². The highest BCUT2D eigenvalue weighted by molar-refractivity contribution is 5.48. The summed E-state index contributed by atoms with van der Waals surface area (Å²) in [4.78, 5) is 0. The van der Waals surface area contributed by atoms with Crippen molar-refractivity contribution in [2.75, 3.05) is 20.2 Å². The second-order valence-corrected chi connectivity index (χ2v) is 6.04. The zero-order valence-electron chi connectivity index (χ0n) is 13.2.